The Bertz CT molecular complexity index is 725. The van der Waals surface area contributed by atoms with Crippen molar-refractivity contribution in [2.45, 2.75) is 38.6 Å². The van der Waals surface area contributed by atoms with Gasteiger partial charge < -0.3 is 24.8 Å². The number of aliphatic imine (C=N–C) groups is 1. The molecule has 0 atom stereocenters. The minimum atomic E-state index is 0. The molecule has 1 aliphatic heterocycles. The molecular formula is C23H39IN4O3. The molecule has 1 aromatic rings. The first kappa shape index (κ1) is 26.0. The maximum absolute atomic E-state index is 5.47. The van der Waals surface area contributed by atoms with E-state index in [-0.39, 0.29) is 24.0 Å². The van der Waals surface area contributed by atoms with E-state index in [1.807, 2.05) is 7.05 Å². The first-order valence-corrected chi connectivity index (χ1v) is 11.0. The highest BCUT2D eigenvalue weighted by molar-refractivity contribution is 14.0. The summed E-state index contributed by atoms with van der Waals surface area (Å²) in [4.78, 5) is 6.88. The second-order valence-corrected chi connectivity index (χ2v) is 8.45. The lowest BCUT2D eigenvalue weighted by molar-refractivity contribution is 0.0732. The van der Waals surface area contributed by atoms with Gasteiger partial charge in [-0.15, -0.1) is 24.0 Å². The number of hydrogen-bond donors (Lipinski definition) is 2. The molecule has 0 unspecified atom stereocenters. The zero-order chi connectivity index (χ0) is 21.4. The van der Waals surface area contributed by atoms with Gasteiger partial charge in [-0.25, -0.2) is 0 Å². The minimum Gasteiger partial charge on any atom is -0.493 e. The third-order valence-corrected chi connectivity index (χ3v) is 6.62. The molecule has 1 aliphatic carbocycles. The molecule has 2 N–H and O–H groups in total. The maximum Gasteiger partial charge on any atom is 0.191 e. The minimum absolute atomic E-state index is 0. The van der Waals surface area contributed by atoms with Gasteiger partial charge in [-0.2, -0.15) is 0 Å². The normalized spacial score (nSPS) is 17.7. The second-order valence-electron chi connectivity index (χ2n) is 8.45. The van der Waals surface area contributed by atoms with E-state index in [0.717, 1.165) is 69.6 Å². The largest absolute Gasteiger partial charge is 0.493 e. The van der Waals surface area contributed by atoms with Crippen molar-refractivity contribution in [2.24, 2.45) is 10.4 Å². The van der Waals surface area contributed by atoms with Crippen LogP contribution in [0.15, 0.2) is 17.1 Å². The molecule has 0 radical (unpaired) electrons. The predicted molar refractivity (Wildman–Crippen MR) is 136 cm³/mol. The monoisotopic (exact) mass is 546 g/mol. The highest BCUT2D eigenvalue weighted by Gasteiger charge is 2.36. The molecule has 176 valence electrons. The lowest BCUT2D eigenvalue weighted by atomic mass is 9.67. The molecule has 1 heterocycles. The molecule has 0 aromatic heterocycles. The molecule has 0 bridgehead atoms. The topological polar surface area (TPSA) is 67.4 Å². The van der Waals surface area contributed by atoms with E-state index in [0.29, 0.717) is 5.41 Å². The van der Waals surface area contributed by atoms with Crippen LogP contribution < -0.4 is 20.1 Å². The molecule has 31 heavy (non-hydrogen) atoms. The Morgan fingerprint density at radius 1 is 1.10 bits per heavy atom. The van der Waals surface area contributed by atoms with Gasteiger partial charge in [-0.1, -0.05) is 6.42 Å². The number of benzene rings is 1. The summed E-state index contributed by atoms with van der Waals surface area (Å²) < 4.78 is 16.2. The van der Waals surface area contributed by atoms with E-state index in [4.69, 9.17) is 14.2 Å². The van der Waals surface area contributed by atoms with E-state index in [1.54, 1.807) is 21.3 Å². The quantitative estimate of drug-likeness (QED) is 0.267. The summed E-state index contributed by atoms with van der Waals surface area (Å²) in [5.41, 5.74) is 3.06. The summed E-state index contributed by atoms with van der Waals surface area (Å²) in [6.07, 6.45) is 6.04. The third kappa shape index (κ3) is 6.86. The van der Waals surface area contributed by atoms with Crippen LogP contribution in [0.2, 0.25) is 0 Å². The summed E-state index contributed by atoms with van der Waals surface area (Å²) in [6.45, 7) is 5.63. The molecule has 0 amide bonds. The predicted octanol–water partition coefficient (Wildman–Crippen LogP) is 3.05. The molecular weight excluding hydrogens is 507 g/mol. The third-order valence-electron chi connectivity index (χ3n) is 6.62. The van der Waals surface area contributed by atoms with Crippen molar-refractivity contribution in [3.63, 3.8) is 0 Å². The lowest BCUT2D eigenvalue weighted by Gasteiger charge is -2.42. The molecule has 3 rings (SSSR count). The van der Waals surface area contributed by atoms with Gasteiger partial charge in [0, 0.05) is 53.5 Å². The van der Waals surface area contributed by atoms with Crippen LogP contribution in [-0.4, -0.2) is 72.0 Å². The number of ether oxygens (including phenoxy) is 3. The number of methoxy groups -OCH3 is 3. The summed E-state index contributed by atoms with van der Waals surface area (Å²) >= 11 is 0. The summed E-state index contributed by atoms with van der Waals surface area (Å²) in [5, 5.41) is 7.02. The Morgan fingerprint density at radius 2 is 1.81 bits per heavy atom. The molecule has 7 nitrogen and oxygen atoms in total. The summed E-state index contributed by atoms with van der Waals surface area (Å²) in [7, 11) is 7.01. The zero-order valence-electron chi connectivity index (χ0n) is 19.5. The van der Waals surface area contributed by atoms with Crippen LogP contribution in [-0.2, 0) is 17.7 Å². The maximum atomic E-state index is 5.47. The van der Waals surface area contributed by atoms with Gasteiger partial charge >= 0.3 is 0 Å². The van der Waals surface area contributed by atoms with Crippen LogP contribution in [0, 0.1) is 5.41 Å². The van der Waals surface area contributed by atoms with Crippen LogP contribution in [0.4, 0.5) is 0 Å². The first-order chi connectivity index (χ1) is 14.6. The number of halogens is 1. The smallest absolute Gasteiger partial charge is 0.191 e. The molecule has 1 fully saturated rings. The van der Waals surface area contributed by atoms with Crippen molar-refractivity contribution >= 4 is 29.9 Å². The SMILES string of the molecule is CN=C(NCCN1CCc2cc(OC)c(OC)cc2C1)NCC1(CCOC)CCC1.I. The summed E-state index contributed by atoms with van der Waals surface area (Å²) in [6, 6.07) is 4.24. The number of fused-ring (bicyclic) bond motifs is 1. The number of rotatable bonds is 10. The second kappa shape index (κ2) is 12.7. The molecule has 1 aromatic carbocycles. The Morgan fingerprint density at radius 3 is 2.39 bits per heavy atom. The van der Waals surface area contributed by atoms with Crippen LogP contribution >= 0.6 is 24.0 Å². The standard InChI is InChI=1S/C23H38N4O3.HI/c1-24-22(26-17-23(7-5-8-23)9-13-28-2)25-10-12-27-11-6-18-14-20(29-3)21(30-4)15-19(18)16-27;/h14-15H,5-13,16-17H2,1-4H3,(H2,24,25,26);1H. The summed E-state index contributed by atoms with van der Waals surface area (Å²) in [5.74, 6) is 2.51. The van der Waals surface area contributed by atoms with Crippen molar-refractivity contribution in [1.29, 1.82) is 0 Å². The Kier molecular flexibility index (Phi) is 10.6. The van der Waals surface area contributed by atoms with E-state index < -0.39 is 0 Å². The van der Waals surface area contributed by atoms with Crippen molar-refractivity contribution in [3.8, 4) is 11.5 Å². The van der Waals surface area contributed by atoms with Gasteiger partial charge in [0.25, 0.3) is 0 Å². The van der Waals surface area contributed by atoms with Crippen molar-refractivity contribution < 1.29 is 14.2 Å². The lowest BCUT2D eigenvalue weighted by Crippen LogP contribution is -2.48. The average Bonchev–Trinajstić information content (AvgIpc) is 2.75. The fraction of sp³-hybridized carbons (Fsp3) is 0.696. The molecule has 1 saturated carbocycles. The molecule has 8 heteroatoms. The zero-order valence-corrected chi connectivity index (χ0v) is 21.8. The van der Waals surface area contributed by atoms with Crippen LogP contribution in [0.1, 0.15) is 36.8 Å². The van der Waals surface area contributed by atoms with Gasteiger partial charge in [0.05, 0.1) is 14.2 Å². The van der Waals surface area contributed by atoms with Gasteiger partial charge in [0.15, 0.2) is 17.5 Å². The van der Waals surface area contributed by atoms with Gasteiger partial charge in [-0.05, 0) is 54.4 Å². The highest BCUT2D eigenvalue weighted by atomic mass is 127. The van der Waals surface area contributed by atoms with Crippen molar-refractivity contribution in [1.82, 2.24) is 15.5 Å². The van der Waals surface area contributed by atoms with Crippen molar-refractivity contribution in [3.05, 3.63) is 23.3 Å². The molecule has 2 aliphatic rings. The Labute approximate surface area is 204 Å². The Balaban J connectivity index is 0.00000341. The van der Waals surface area contributed by atoms with Gasteiger partial charge in [-0.3, -0.25) is 9.89 Å². The van der Waals surface area contributed by atoms with E-state index >= 15 is 0 Å². The fourth-order valence-electron chi connectivity index (χ4n) is 4.47. The van der Waals surface area contributed by atoms with Gasteiger partial charge in [0.1, 0.15) is 0 Å². The molecule has 0 spiro atoms. The average molecular weight is 546 g/mol. The Hall–Kier alpha value is -1.26. The number of guanidine groups is 1. The highest BCUT2D eigenvalue weighted by Crippen LogP contribution is 2.43. The fourth-order valence-corrected chi connectivity index (χ4v) is 4.47. The number of hydrogen-bond acceptors (Lipinski definition) is 5. The first-order valence-electron chi connectivity index (χ1n) is 11.0. The van der Waals surface area contributed by atoms with Crippen LogP contribution in [0.3, 0.4) is 0 Å². The van der Waals surface area contributed by atoms with Crippen LogP contribution in [0.5, 0.6) is 11.5 Å². The van der Waals surface area contributed by atoms with E-state index in [9.17, 15) is 0 Å². The van der Waals surface area contributed by atoms with Gasteiger partial charge in [0.2, 0.25) is 0 Å². The molecule has 0 saturated heterocycles. The number of nitrogens with one attached hydrogen (secondary N) is 2. The van der Waals surface area contributed by atoms with E-state index in [1.165, 1.54) is 30.4 Å². The van der Waals surface area contributed by atoms with E-state index in [2.05, 4.69) is 32.7 Å². The van der Waals surface area contributed by atoms with Crippen LogP contribution in [0.25, 0.3) is 0 Å². The number of nitrogens with zero attached hydrogens (tertiary/aromatic N) is 2. The van der Waals surface area contributed by atoms with Crippen molar-refractivity contribution in [2.75, 3.05) is 61.2 Å².